The molecule has 0 radical (unpaired) electrons. The zero-order chi connectivity index (χ0) is 26.6. The molecule has 1 aliphatic heterocycles. The number of aryl methyl sites for hydroxylation is 1. The number of amides is 2. The Labute approximate surface area is 225 Å². The molecule has 3 aromatic carbocycles. The molecule has 38 heavy (non-hydrogen) atoms. The number of fused-ring (bicyclic) bond motifs is 1. The number of nitrogens with one attached hydrogen (secondary N) is 1. The molecule has 0 bridgehead atoms. The van der Waals surface area contributed by atoms with Crippen LogP contribution in [-0.2, 0) is 24.9 Å². The van der Waals surface area contributed by atoms with Gasteiger partial charge in [0.2, 0.25) is 5.91 Å². The molecule has 8 nitrogen and oxygen atoms in total. The predicted molar refractivity (Wildman–Crippen MR) is 150 cm³/mol. The fraction of sp³-hybridized carbons (Fsp3) is 0.276. The van der Waals surface area contributed by atoms with E-state index < -0.39 is 0 Å². The minimum Gasteiger partial charge on any atom is -0.486 e. The van der Waals surface area contributed by atoms with Crippen LogP contribution in [0.5, 0.6) is 17.2 Å². The Kier molecular flexibility index (Phi) is 7.55. The van der Waals surface area contributed by atoms with Crippen molar-refractivity contribution in [1.82, 2.24) is 14.9 Å². The highest BCUT2D eigenvalue weighted by Crippen LogP contribution is 2.29. The fourth-order valence-corrected chi connectivity index (χ4v) is 5.35. The average Bonchev–Trinajstić information content (AvgIpc) is 3.41. The van der Waals surface area contributed by atoms with Gasteiger partial charge in [0.05, 0.1) is 16.3 Å². The van der Waals surface area contributed by atoms with Crippen LogP contribution in [-0.4, -0.2) is 39.0 Å². The largest absolute Gasteiger partial charge is 0.486 e. The second-order valence-electron chi connectivity index (χ2n) is 9.03. The molecule has 0 aliphatic carbocycles. The van der Waals surface area contributed by atoms with Gasteiger partial charge < -0.3 is 18.9 Å². The normalized spacial score (nSPS) is 15.1. The summed E-state index contributed by atoms with van der Waals surface area (Å²) in [6.07, 6.45) is 0.497. The van der Waals surface area contributed by atoms with Crippen molar-refractivity contribution in [2.45, 2.75) is 32.1 Å². The summed E-state index contributed by atoms with van der Waals surface area (Å²) in [7, 11) is 1.97. The molecule has 4 aromatic rings. The zero-order valence-corrected chi connectivity index (χ0v) is 22.5. The molecule has 5 rings (SSSR count). The molecular weight excluding hydrogens is 500 g/mol. The first-order valence-corrected chi connectivity index (χ1v) is 13.5. The molecule has 1 unspecified atom stereocenters. The Balaban J connectivity index is 1.24. The lowest BCUT2D eigenvalue weighted by Gasteiger charge is -2.21. The van der Waals surface area contributed by atoms with Crippen molar-refractivity contribution in [2.75, 3.05) is 18.0 Å². The first kappa shape index (κ1) is 25.7. The van der Waals surface area contributed by atoms with Crippen molar-refractivity contribution in [3.05, 3.63) is 78.1 Å². The van der Waals surface area contributed by atoms with Crippen LogP contribution >= 0.6 is 11.8 Å². The van der Waals surface area contributed by atoms with E-state index in [2.05, 4.69) is 36.2 Å². The quantitative estimate of drug-likeness (QED) is 0.282. The Hall–Kier alpha value is -3.98. The molecule has 1 aliphatic rings. The van der Waals surface area contributed by atoms with Crippen molar-refractivity contribution < 1.29 is 19.1 Å². The molecule has 9 heteroatoms. The highest BCUT2D eigenvalue weighted by Gasteiger charge is 2.31. The second-order valence-corrected chi connectivity index (χ2v) is 10.2. The minimum absolute atomic E-state index is 0.233. The summed E-state index contributed by atoms with van der Waals surface area (Å²) in [5.41, 5.74) is 3.93. The third-order valence-electron chi connectivity index (χ3n) is 6.61. The molecule has 2 amide bonds. The van der Waals surface area contributed by atoms with Crippen LogP contribution in [0.2, 0.25) is 0 Å². The van der Waals surface area contributed by atoms with Gasteiger partial charge in [-0.05, 0) is 62.2 Å². The number of benzene rings is 3. The van der Waals surface area contributed by atoms with Gasteiger partial charge in [0.1, 0.15) is 29.7 Å². The monoisotopic (exact) mass is 530 g/mol. The number of hydrogen-bond acceptors (Lipinski definition) is 7. The molecule has 2 heterocycles. The number of aromatic nitrogens is 2. The van der Waals surface area contributed by atoms with E-state index in [4.69, 9.17) is 14.5 Å². The molecule has 196 valence electrons. The van der Waals surface area contributed by atoms with Gasteiger partial charge in [0.25, 0.3) is 5.24 Å². The zero-order valence-electron chi connectivity index (χ0n) is 21.6. The summed E-state index contributed by atoms with van der Waals surface area (Å²) in [4.78, 5) is 30.2. The summed E-state index contributed by atoms with van der Waals surface area (Å²) in [6.45, 7) is 6.48. The summed E-state index contributed by atoms with van der Waals surface area (Å²) in [5, 5.41) is 1.65. The number of imidazole rings is 1. The fourth-order valence-electron chi connectivity index (χ4n) is 4.49. The Morgan fingerprint density at radius 3 is 2.42 bits per heavy atom. The second kappa shape index (κ2) is 11.2. The van der Waals surface area contributed by atoms with E-state index in [0.717, 1.165) is 64.5 Å². The molecule has 1 N–H and O–H groups in total. The number of ether oxygens (including phenoxy) is 2. The van der Waals surface area contributed by atoms with Crippen molar-refractivity contribution in [1.29, 1.82) is 0 Å². The van der Waals surface area contributed by atoms with Crippen molar-refractivity contribution in [3.63, 3.8) is 0 Å². The van der Waals surface area contributed by atoms with Gasteiger partial charge in [0.15, 0.2) is 0 Å². The van der Waals surface area contributed by atoms with Gasteiger partial charge in [0, 0.05) is 38.0 Å². The maximum Gasteiger partial charge on any atom is 0.286 e. The number of carbonyl (C=O) groups is 2. The molecule has 1 aromatic heterocycles. The standard InChI is InChI=1S/C29H30N4O4S/c1-4-33(5-2)20-7-6-8-22(16-20)37-23-13-14-24-25(17-23)32(3)27(30-24)18-36-21-11-9-19(10-12-21)15-26-28(34)31-29(35)38-26/h6-14,16-17,26H,4-5,15,18H2,1-3H3,(H,31,34,35). The SMILES string of the molecule is CCN(CC)c1cccc(Oc2ccc3nc(COc4ccc(CC5SC(=O)NC5=O)cc4)n(C)c3c2)c1. The van der Waals surface area contributed by atoms with Crippen molar-refractivity contribution >= 4 is 39.6 Å². The third-order valence-corrected chi connectivity index (χ3v) is 7.59. The van der Waals surface area contributed by atoms with Crippen LogP contribution in [0.1, 0.15) is 25.2 Å². The number of nitrogens with zero attached hydrogens (tertiary/aromatic N) is 3. The average molecular weight is 531 g/mol. The predicted octanol–water partition coefficient (Wildman–Crippen LogP) is 5.68. The highest BCUT2D eigenvalue weighted by atomic mass is 32.2. The number of carbonyl (C=O) groups excluding carboxylic acids is 2. The highest BCUT2D eigenvalue weighted by molar-refractivity contribution is 8.15. The summed E-state index contributed by atoms with van der Waals surface area (Å²) < 4.78 is 14.2. The van der Waals surface area contributed by atoms with Gasteiger partial charge in [-0.2, -0.15) is 0 Å². The maximum absolute atomic E-state index is 11.8. The first-order valence-electron chi connectivity index (χ1n) is 12.6. The van der Waals surface area contributed by atoms with Gasteiger partial charge >= 0.3 is 0 Å². The van der Waals surface area contributed by atoms with Crippen LogP contribution < -0.4 is 19.7 Å². The number of rotatable bonds is 10. The molecule has 1 fully saturated rings. The number of thioether (sulfide) groups is 1. The van der Waals surface area contributed by atoms with Gasteiger partial charge in [-0.15, -0.1) is 0 Å². The number of hydrogen-bond donors (Lipinski definition) is 1. The molecule has 0 saturated carbocycles. The van der Waals surface area contributed by atoms with Crippen LogP contribution in [0, 0.1) is 0 Å². The Morgan fingerprint density at radius 2 is 1.71 bits per heavy atom. The van der Waals surface area contributed by atoms with Gasteiger partial charge in [-0.1, -0.05) is 30.0 Å². The van der Waals surface area contributed by atoms with Crippen molar-refractivity contribution in [3.8, 4) is 17.2 Å². The van der Waals surface area contributed by atoms with Crippen LogP contribution in [0.25, 0.3) is 11.0 Å². The van der Waals surface area contributed by atoms with E-state index in [0.29, 0.717) is 18.8 Å². The van der Waals surface area contributed by atoms with Crippen LogP contribution in [0.15, 0.2) is 66.7 Å². The molecular formula is C29H30N4O4S. The van der Waals surface area contributed by atoms with E-state index in [9.17, 15) is 9.59 Å². The van der Waals surface area contributed by atoms with Gasteiger partial charge in [-0.25, -0.2) is 4.98 Å². The number of anilines is 1. The lowest BCUT2D eigenvalue weighted by atomic mass is 10.1. The Morgan fingerprint density at radius 1 is 0.974 bits per heavy atom. The minimum atomic E-state index is -0.380. The Bertz CT molecular complexity index is 1460. The molecule has 1 saturated heterocycles. The summed E-state index contributed by atoms with van der Waals surface area (Å²) >= 11 is 1.04. The topological polar surface area (TPSA) is 85.7 Å². The van der Waals surface area contributed by atoms with Crippen LogP contribution in [0.4, 0.5) is 10.5 Å². The molecule has 0 spiro atoms. The van der Waals surface area contributed by atoms with E-state index in [1.165, 1.54) is 0 Å². The van der Waals surface area contributed by atoms with E-state index >= 15 is 0 Å². The van der Waals surface area contributed by atoms with E-state index in [-0.39, 0.29) is 16.4 Å². The number of imide groups is 1. The summed E-state index contributed by atoms with van der Waals surface area (Å²) in [5.74, 6) is 2.81. The van der Waals surface area contributed by atoms with Gasteiger partial charge in [-0.3, -0.25) is 14.9 Å². The lowest BCUT2D eigenvalue weighted by molar-refractivity contribution is -0.118. The van der Waals surface area contributed by atoms with E-state index in [1.54, 1.807) is 0 Å². The summed E-state index contributed by atoms with van der Waals surface area (Å²) in [6, 6.07) is 21.6. The maximum atomic E-state index is 11.8. The smallest absolute Gasteiger partial charge is 0.286 e. The van der Waals surface area contributed by atoms with E-state index in [1.807, 2.05) is 66.2 Å². The van der Waals surface area contributed by atoms with Crippen LogP contribution in [0.3, 0.4) is 0 Å². The first-order chi connectivity index (χ1) is 18.4. The third kappa shape index (κ3) is 5.62. The lowest BCUT2D eigenvalue weighted by Crippen LogP contribution is -2.25. The molecule has 1 atom stereocenters. The van der Waals surface area contributed by atoms with Crippen molar-refractivity contribution in [2.24, 2.45) is 7.05 Å².